The standard InChI is InChI=1S/C12H16N4O2S/c13-11-3-5-12(6-4-11)19(17,18)15-8-2-10-16-9-1-7-14-16/h1,3-7,9,15H,2,8,10,13H2. The summed E-state index contributed by atoms with van der Waals surface area (Å²) in [5.41, 5.74) is 6.06. The minimum Gasteiger partial charge on any atom is -0.399 e. The highest BCUT2D eigenvalue weighted by atomic mass is 32.2. The molecule has 0 fully saturated rings. The van der Waals surface area contributed by atoms with Crippen molar-refractivity contribution in [3.8, 4) is 0 Å². The van der Waals surface area contributed by atoms with Gasteiger partial charge in [-0.05, 0) is 36.8 Å². The second-order valence-corrected chi connectivity index (χ2v) is 5.86. The van der Waals surface area contributed by atoms with E-state index in [1.807, 2.05) is 12.3 Å². The molecule has 2 rings (SSSR count). The van der Waals surface area contributed by atoms with Gasteiger partial charge in [-0.2, -0.15) is 5.10 Å². The van der Waals surface area contributed by atoms with Crippen LogP contribution in [0.5, 0.6) is 0 Å². The Morgan fingerprint density at radius 2 is 2.00 bits per heavy atom. The molecule has 0 atom stereocenters. The van der Waals surface area contributed by atoms with Crippen molar-refractivity contribution >= 4 is 15.7 Å². The minimum atomic E-state index is -3.45. The predicted octanol–water partition coefficient (Wildman–Crippen LogP) is 0.834. The van der Waals surface area contributed by atoms with Gasteiger partial charge >= 0.3 is 0 Å². The molecule has 1 aromatic carbocycles. The largest absolute Gasteiger partial charge is 0.399 e. The maximum atomic E-state index is 11.9. The average Bonchev–Trinajstić information content (AvgIpc) is 2.88. The summed E-state index contributed by atoms with van der Waals surface area (Å²) in [5, 5.41) is 4.04. The van der Waals surface area contributed by atoms with E-state index in [1.165, 1.54) is 12.1 Å². The molecular weight excluding hydrogens is 264 g/mol. The summed E-state index contributed by atoms with van der Waals surface area (Å²) in [5.74, 6) is 0. The fraction of sp³-hybridized carbons (Fsp3) is 0.250. The number of nitrogens with two attached hydrogens (primary N) is 1. The number of nitrogens with one attached hydrogen (secondary N) is 1. The van der Waals surface area contributed by atoms with Gasteiger partial charge in [0, 0.05) is 31.2 Å². The van der Waals surface area contributed by atoms with Crippen LogP contribution in [0, 0.1) is 0 Å². The predicted molar refractivity (Wildman–Crippen MR) is 72.9 cm³/mol. The van der Waals surface area contributed by atoms with E-state index in [1.54, 1.807) is 23.0 Å². The summed E-state index contributed by atoms with van der Waals surface area (Å²) in [7, 11) is -3.45. The molecule has 2 aromatic rings. The number of rotatable bonds is 6. The quantitative estimate of drug-likeness (QED) is 0.606. The van der Waals surface area contributed by atoms with Crippen LogP contribution in [0.3, 0.4) is 0 Å². The van der Waals surface area contributed by atoms with Crippen molar-refractivity contribution in [1.82, 2.24) is 14.5 Å². The zero-order valence-corrected chi connectivity index (χ0v) is 11.2. The first-order chi connectivity index (χ1) is 9.08. The Hall–Kier alpha value is -1.86. The molecular formula is C12H16N4O2S. The Labute approximate surface area is 112 Å². The van der Waals surface area contributed by atoms with Crippen LogP contribution in [0.2, 0.25) is 0 Å². The van der Waals surface area contributed by atoms with E-state index in [2.05, 4.69) is 9.82 Å². The third kappa shape index (κ3) is 3.80. The summed E-state index contributed by atoms with van der Waals surface area (Å²) in [6.07, 6.45) is 4.21. The van der Waals surface area contributed by atoms with E-state index in [-0.39, 0.29) is 4.90 Å². The van der Waals surface area contributed by atoms with Crippen molar-refractivity contribution in [1.29, 1.82) is 0 Å². The molecule has 0 spiro atoms. The van der Waals surface area contributed by atoms with Gasteiger partial charge in [-0.1, -0.05) is 0 Å². The van der Waals surface area contributed by atoms with Gasteiger partial charge in [0.1, 0.15) is 0 Å². The third-order valence-electron chi connectivity index (χ3n) is 2.61. The highest BCUT2D eigenvalue weighted by Gasteiger charge is 2.12. The van der Waals surface area contributed by atoms with Gasteiger partial charge in [-0.25, -0.2) is 13.1 Å². The number of sulfonamides is 1. The number of aromatic nitrogens is 2. The minimum absolute atomic E-state index is 0.223. The SMILES string of the molecule is Nc1ccc(S(=O)(=O)NCCCn2cccn2)cc1. The number of nitrogen functional groups attached to an aromatic ring is 1. The molecule has 0 aliphatic carbocycles. The molecule has 0 aliphatic heterocycles. The van der Waals surface area contributed by atoms with Gasteiger partial charge in [0.15, 0.2) is 0 Å². The molecule has 3 N–H and O–H groups in total. The lowest BCUT2D eigenvalue weighted by Crippen LogP contribution is -2.25. The third-order valence-corrected chi connectivity index (χ3v) is 4.08. The maximum absolute atomic E-state index is 11.9. The lowest BCUT2D eigenvalue weighted by Gasteiger charge is -2.07. The van der Waals surface area contributed by atoms with Gasteiger partial charge in [0.2, 0.25) is 10.0 Å². The van der Waals surface area contributed by atoms with Crippen molar-refractivity contribution in [3.63, 3.8) is 0 Å². The summed E-state index contributed by atoms with van der Waals surface area (Å²) in [6.45, 7) is 1.05. The smallest absolute Gasteiger partial charge is 0.240 e. The van der Waals surface area contributed by atoms with Crippen molar-refractivity contribution in [3.05, 3.63) is 42.7 Å². The second-order valence-electron chi connectivity index (χ2n) is 4.09. The number of aryl methyl sites for hydroxylation is 1. The fourth-order valence-corrected chi connectivity index (χ4v) is 2.68. The first-order valence-electron chi connectivity index (χ1n) is 5.90. The molecule has 7 heteroatoms. The van der Waals surface area contributed by atoms with E-state index in [9.17, 15) is 8.42 Å². The topological polar surface area (TPSA) is 90.0 Å². The highest BCUT2D eigenvalue weighted by molar-refractivity contribution is 7.89. The van der Waals surface area contributed by atoms with Crippen LogP contribution >= 0.6 is 0 Å². The average molecular weight is 280 g/mol. The molecule has 0 aliphatic rings. The van der Waals surface area contributed by atoms with Crippen LogP contribution in [-0.2, 0) is 16.6 Å². The maximum Gasteiger partial charge on any atom is 0.240 e. The number of hydrogen-bond acceptors (Lipinski definition) is 4. The lowest BCUT2D eigenvalue weighted by atomic mass is 10.3. The van der Waals surface area contributed by atoms with Crippen molar-refractivity contribution in [2.45, 2.75) is 17.9 Å². The zero-order chi connectivity index (χ0) is 13.7. The lowest BCUT2D eigenvalue weighted by molar-refractivity contribution is 0.553. The zero-order valence-electron chi connectivity index (χ0n) is 10.4. The van der Waals surface area contributed by atoms with Gasteiger partial charge in [-0.15, -0.1) is 0 Å². The van der Waals surface area contributed by atoms with Crippen molar-refractivity contribution in [2.24, 2.45) is 0 Å². The molecule has 0 saturated heterocycles. The molecule has 6 nitrogen and oxygen atoms in total. The summed E-state index contributed by atoms with van der Waals surface area (Å²) < 4.78 is 28.2. The summed E-state index contributed by atoms with van der Waals surface area (Å²) in [4.78, 5) is 0.223. The van der Waals surface area contributed by atoms with Gasteiger partial charge in [0.05, 0.1) is 4.90 Å². The number of anilines is 1. The van der Waals surface area contributed by atoms with Crippen LogP contribution in [-0.4, -0.2) is 24.7 Å². The van der Waals surface area contributed by atoms with Crippen molar-refractivity contribution in [2.75, 3.05) is 12.3 Å². The van der Waals surface area contributed by atoms with Gasteiger partial charge in [0.25, 0.3) is 0 Å². The van der Waals surface area contributed by atoms with Crippen LogP contribution in [0.4, 0.5) is 5.69 Å². The molecule has 0 saturated carbocycles. The number of nitrogens with zero attached hydrogens (tertiary/aromatic N) is 2. The van der Waals surface area contributed by atoms with E-state index in [0.29, 0.717) is 25.2 Å². The first kappa shape index (κ1) is 13.6. The van der Waals surface area contributed by atoms with E-state index < -0.39 is 10.0 Å². The van der Waals surface area contributed by atoms with E-state index in [0.717, 1.165) is 0 Å². The van der Waals surface area contributed by atoms with Crippen LogP contribution < -0.4 is 10.5 Å². The number of benzene rings is 1. The Balaban J connectivity index is 1.86. The molecule has 0 bridgehead atoms. The Morgan fingerprint density at radius 3 is 2.63 bits per heavy atom. The molecule has 0 amide bonds. The van der Waals surface area contributed by atoms with E-state index >= 15 is 0 Å². The van der Waals surface area contributed by atoms with Crippen LogP contribution in [0.15, 0.2) is 47.6 Å². The summed E-state index contributed by atoms with van der Waals surface area (Å²) in [6, 6.07) is 7.95. The summed E-state index contributed by atoms with van der Waals surface area (Å²) >= 11 is 0. The van der Waals surface area contributed by atoms with Crippen LogP contribution in [0.1, 0.15) is 6.42 Å². The highest BCUT2D eigenvalue weighted by Crippen LogP contribution is 2.11. The monoisotopic (exact) mass is 280 g/mol. The molecule has 19 heavy (non-hydrogen) atoms. The normalized spacial score (nSPS) is 11.6. The van der Waals surface area contributed by atoms with Crippen LogP contribution in [0.25, 0.3) is 0 Å². The van der Waals surface area contributed by atoms with Gasteiger partial charge in [-0.3, -0.25) is 4.68 Å². The Bertz CT molecular complexity index is 606. The second kappa shape index (κ2) is 5.85. The molecule has 1 aromatic heterocycles. The molecule has 0 radical (unpaired) electrons. The fourth-order valence-electron chi connectivity index (χ4n) is 1.61. The molecule has 1 heterocycles. The Kier molecular flexibility index (Phi) is 4.18. The molecule has 102 valence electrons. The first-order valence-corrected chi connectivity index (χ1v) is 7.39. The number of hydrogen-bond donors (Lipinski definition) is 2. The van der Waals surface area contributed by atoms with Gasteiger partial charge < -0.3 is 5.73 Å². The van der Waals surface area contributed by atoms with E-state index in [4.69, 9.17) is 5.73 Å². The Morgan fingerprint density at radius 1 is 1.26 bits per heavy atom. The molecule has 0 unspecified atom stereocenters. The van der Waals surface area contributed by atoms with Crippen molar-refractivity contribution < 1.29 is 8.42 Å².